The monoisotopic (exact) mass is 606 g/mol. The Hall–Kier alpha value is -4.64. The van der Waals surface area contributed by atoms with Gasteiger partial charge in [-0.25, -0.2) is 9.79 Å². The molecule has 0 radical (unpaired) electrons. The lowest BCUT2D eigenvalue weighted by molar-refractivity contribution is -0.139. The van der Waals surface area contributed by atoms with Crippen LogP contribution in [0.5, 0.6) is 23.0 Å². The van der Waals surface area contributed by atoms with Gasteiger partial charge in [0.1, 0.15) is 6.61 Å². The molecule has 11 heteroatoms. The van der Waals surface area contributed by atoms with E-state index in [-0.39, 0.29) is 30.1 Å². The van der Waals surface area contributed by atoms with Crippen LogP contribution in [0.2, 0.25) is 0 Å². The lowest BCUT2D eigenvalue weighted by Gasteiger charge is -2.25. The van der Waals surface area contributed by atoms with Crippen molar-refractivity contribution in [2.45, 2.75) is 40.7 Å². The summed E-state index contributed by atoms with van der Waals surface area (Å²) >= 11 is 1.20. The molecule has 226 valence electrons. The molecule has 0 spiro atoms. The number of ether oxygens (including phenoxy) is 5. The fraction of sp³-hybridized carbons (Fsp3) is 0.312. The van der Waals surface area contributed by atoms with Gasteiger partial charge in [0.15, 0.2) is 27.8 Å². The molecule has 10 nitrogen and oxygen atoms in total. The summed E-state index contributed by atoms with van der Waals surface area (Å²) in [6.45, 7) is 13.3. The lowest BCUT2D eigenvalue weighted by atomic mass is 9.95. The minimum atomic E-state index is -0.824. The molecule has 2 heterocycles. The van der Waals surface area contributed by atoms with Crippen LogP contribution in [0.15, 0.2) is 70.1 Å². The normalized spacial score (nSPS) is 14.4. The van der Waals surface area contributed by atoms with E-state index in [1.807, 2.05) is 13.8 Å². The molecule has 0 saturated carbocycles. The molecular weight excluding hydrogens is 572 g/mol. The Kier molecular flexibility index (Phi) is 10.2. The summed E-state index contributed by atoms with van der Waals surface area (Å²) in [7, 11) is 0. The summed E-state index contributed by atoms with van der Waals surface area (Å²) in [5.74, 6) is 0.614. The second kappa shape index (κ2) is 14.0. The maximum atomic E-state index is 14.0. The number of allylic oxidation sites excluding steroid dienone is 1. The van der Waals surface area contributed by atoms with E-state index in [1.54, 1.807) is 62.4 Å². The van der Waals surface area contributed by atoms with E-state index in [1.165, 1.54) is 22.8 Å². The molecule has 0 N–H and O–H groups in total. The number of aromatic nitrogens is 1. The Balaban J connectivity index is 1.90. The number of hydrogen-bond donors (Lipinski definition) is 0. The first-order valence-corrected chi connectivity index (χ1v) is 14.7. The quantitative estimate of drug-likeness (QED) is 0.172. The van der Waals surface area contributed by atoms with Crippen LogP contribution in [0.1, 0.15) is 51.8 Å². The molecule has 1 aliphatic rings. The standard InChI is InChI=1S/C32H34N2O8S/c1-7-15-41-23-14-12-22(18-26(23)39-9-3)29-28(31(37)40-10-4)19(5)33-32-34(29)30(36)27(43-32)17-21-11-13-24(42-20(6)35)25(16-21)38-8-2/h7,11-14,16-18,29H,1,8-10,15H2,2-6H3/b27-17-/t29-/m1/s1. The van der Waals surface area contributed by atoms with Crippen LogP contribution in [0.3, 0.4) is 0 Å². The van der Waals surface area contributed by atoms with Gasteiger partial charge in [0.05, 0.1) is 41.7 Å². The number of hydrogen-bond acceptors (Lipinski definition) is 10. The van der Waals surface area contributed by atoms with E-state index in [9.17, 15) is 14.4 Å². The number of rotatable bonds is 12. The Morgan fingerprint density at radius 1 is 0.977 bits per heavy atom. The van der Waals surface area contributed by atoms with Crippen molar-refractivity contribution >= 4 is 29.4 Å². The predicted octanol–water partition coefficient (Wildman–Crippen LogP) is 4.09. The minimum Gasteiger partial charge on any atom is -0.490 e. The van der Waals surface area contributed by atoms with Crippen LogP contribution in [-0.4, -0.2) is 42.9 Å². The van der Waals surface area contributed by atoms with E-state index in [0.29, 0.717) is 56.6 Å². The maximum Gasteiger partial charge on any atom is 0.338 e. The average molecular weight is 607 g/mol. The zero-order valence-corrected chi connectivity index (χ0v) is 25.6. The number of nitrogens with zero attached hydrogens (tertiary/aromatic N) is 2. The van der Waals surface area contributed by atoms with E-state index in [4.69, 9.17) is 23.7 Å². The summed E-state index contributed by atoms with van der Waals surface area (Å²) in [6, 6.07) is 9.53. The Morgan fingerprint density at radius 3 is 2.33 bits per heavy atom. The van der Waals surface area contributed by atoms with Gasteiger partial charge < -0.3 is 23.7 Å². The van der Waals surface area contributed by atoms with Crippen LogP contribution in [0, 0.1) is 0 Å². The Bertz CT molecular complexity index is 1750. The van der Waals surface area contributed by atoms with Gasteiger partial charge in [0.25, 0.3) is 5.56 Å². The number of carbonyl (C=O) groups is 2. The highest BCUT2D eigenvalue weighted by atomic mass is 32.1. The van der Waals surface area contributed by atoms with Crippen molar-refractivity contribution in [3.8, 4) is 23.0 Å². The maximum absolute atomic E-state index is 14.0. The molecular formula is C32H34N2O8S. The molecule has 0 bridgehead atoms. The second-order valence-electron chi connectivity index (χ2n) is 9.27. The number of esters is 2. The highest BCUT2D eigenvalue weighted by molar-refractivity contribution is 7.07. The molecule has 3 aromatic rings. The Labute approximate surface area is 253 Å². The van der Waals surface area contributed by atoms with Gasteiger partial charge in [-0.2, -0.15) is 0 Å². The van der Waals surface area contributed by atoms with Crippen LogP contribution in [-0.2, 0) is 14.3 Å². The number of fused-ring (bicyclic) bond motifs is 1. The third-order valence-corrected chi connectivity index (χ3v) is 7.26. The van der Waals surface area contributed by atoms with Crippen molar-refractivity contribution in [2.24, 2.45) is 4.99 Å². The molecule has 2 aromatic carbocycles. The van der Waals surface area contributed by atoms with Crippen LogP contribution in [0.25, 0.3) is 6.08 Å². The van der Waals surface area contributed by atoms with Gasteiger partial charge in [-0.15, -0.1) is 0 Å². The fourth-order valence-electron chi connectivity index (χ4n) is 4.61. The number of carbonyl (C=O) groups excluding carboxylic acids is 2. The summed E-state index contributed by atoms with van der Waals surface area (Å²) in [6.07, 6.45) is 3.34. The summed E-state index contributed by atoms with van der Waals surface area (Å²) in [5, 5.41) is 0. The van der Waals surface area contributed by atoms with Crippen molar-refractivity contribution in [1.82, 2.24) is 4.57 Å². The van der Waals surface area contributed by atoms with E-state index >= 15 is 0 Å². The zero-order valence-electron chi connectivity index (χ0n) is 24.8. The van der Waals surface area contributed by atoms with Crippen molar-refractivity contribution in [3.05, 3.63) is 91.1 Å². The summed E-state index contributed by atoms with van der Waals surface area (Å²) in [5.41, 5.74) is 1.65. The molecule has 0 unspecified atom stereocenters. The van der Waals surface area contributed by atoms with Gasteiger partial charge in [-0.1, -0.05) is 36.1 Å². The predicted molar refractivity (Wildman–Crippen MR) is 163 cm³/mol. The molecule has 0 aliphatic carbocycles. The third kappa shape index (κ3) is 6.89. The van der Waals surface area contributed by atoms with Crippen molar-refractivity contribution in [2.75, 3.05) is 26.4 Å². The van der Waals surface area contributed by atoms with Gasteiger partial charge in [0.2, 0.25) is 0 Å². The third-order valence-electron chi connectivity index (χ3n) is 6.28. The fourth-order valence-corrected chi connectivity index (χ4v) is 5.66. The van der Waals surface area contributed by atoms with Crippen LogP contribution < -0.4 is 33.8 Å². The number of benzene rings is 2. The topological polar surface area (TPSA) is 115 Å². The molecule has 43 heavy (non-hydrogen) atoms. The molecule has 1 aliphatic heterocycles. The van der Waals surface area contributed by atoms with Crippen LogP contribution >= 0.6 is 11.3 Å². The highest BCUT2D eigenvalue weighted by Gasteiger charge is 2.34. The molecule has 0 amide bonds. The average Bonchev–Trinajstić information content (AvgIpc) is 3.27. The minimum absolute atomic E-state index is 0.163. The van der Waals surface area contributed by atoms with Gasteiger partial charge in [-0.3, -0.25) is 14.2 Å². The smallest absolute Gasteiger partial charge is 0.338 e. The van der Waals surface area contributed by atoms with E-state index in [2.05, 4.69) is 11.6 Å². The molecule has 1 aromatic heterocycles. The van der Waals surface area contributed by atoms with E-state index in [0.717, 1.165) is 0 Å². The lowest BCUT2D eigenvalue weighted by Crippen LogP contribution is -2.40. The van der Waals surface area contributed by atoms with Gasteiger partial charge >= 0.3 is 11.9 Å². The number of thiazole rings is 1. The first kappa shape index (κ1) is 31.3. The van der Waals surface area contributed by atoms with Crippen molar-refractivity contribution < 1.29 is 33.3 Å². The largest absolute Gasteiger partial charge is 0.490 e. The summed E-state index contributed by atoms with van der Waals surface area (Å²) in [4.78, 5) is 43.9. The molecule has 0 fully saturated rings. The molecule has 0 saturated heterocycles. The molecule has 4 rings (SSSR count). The van der Waals surface area contributed by atoms with Gasteiger partial charge in [0, 0.05) is 6.92 Å². The SMILES string of the molecule is C=CCOc1ccc([C@@H]2C(C(=O)OCC)=C(C)N=c3s/c(=C\c4ccc(OC(C)=O)c(OCC)c4)c(=O)n32)cc1OCC. The van der Waals surface area contributed by atoms with Crippen molar-refractivity contribution in [3.63, 3.8) is 0 Å². The van der Waals surface area contributed by atoms with Crippen molar-refractivity contribution in [1.29, 1.82) is 0 Å². The Morgan fingerprint density at radius 2 is 1.67 bits per heavy atom. The zero-order chi connectivity index (χ0) is 31.1. The van der Waals surface area contributed by atoms with Gasteiger partial charge in [-0.05, 0) is 69.2 Å². The van der Waals surface area contributed by atoms with Crippen LogP contribution in [0.4, 0.5) is 0 Å². The molecule has 1 atom stereocenters. The van der Waals surface area contributed by atoms with E-state index < -0.39 is 18.0 Å². The first-order chi connectivity index (χ1) is 20.7. The second-order valence-corrected chi connectivity index (χ2v) is 10.3. The highest BCUT2D eigenvalue weighted by Crippen LogP contribution is 2.36. The summed E-state index contributed by atoms with van der Waals surface area (Å²) < 4.78 is 29.8. The first-order valence-electron chi connectivity index (χ1n) is 13.9.